The molecule has 0 saturated carbocycles. The molecule has 0 unspecified atom stereocenters. The smallest absolute Gasteiger partial charge is 0.228 e. The Morgan fingerprint density at radius 1 is 0.938 bits per heavy atom. The van der Waals surface area contributed by atoms with Crippen molar-refractivity contribution in [3.8, 4) is 0 Å². The van der Waals surface area contributed by atoms with Gasteiger partial charge in [0.05, 0.1) is 0 Å². The summed E-state index contributed by atoms with van der Waals surface area (Å²) in [5.41, 5.74) is 0.752. The van der Waals surface area contributed by atoms with Gasteiger partial charge in [-0.15, -0.1) is 0 Å². The van der Waals surface area contributed by atoms with Crippen molar-refractivity contribution >= 4 is 29.2 Å². The highest BCUT2D eigenvalue weighted by molar-refractivity contribution is 6.34. The Morgan fingerprint density at radius 3 is 1.94 bits per heavy atom. The second kappa shape index (κ2) is 5.19. The first-order valence-corrected chi connectivity index (χ1v) is 6.38. The third-order valence-electron chi connectivity index (χ3n) is 2.90. The fraction of sp³-hybridized carbons (Fsp3) is 0.636. The van der Waals surface area contributed by atoms with Crippen LogP contribution in [0.2, 0.25) is 10.3 Å². The zero-order valence-corrected chi connectivity index (χ0v) is 10.9. The first kappa shape index (κ1) is 11.9. The zero-order chi connectivity index (χ0) is 11.5. The van der Waals surface area contributed by atoms with Crippen LogP contribution in [0, 0.1) is 6.92 Å². The van der Waals surface area contributed by atoms with Crippen LogP contribution in [0.3, 0.4) is 0 Å². The largest absolute Gasteiger partial charge is 0.341 e. The maximum absolute atomic E-state index is 6.02. The first-order valence-electron chi connectivity index (χ1n) is 5.63. The molecule has 1 saturated heterocycles. The summed E-state index contributed by atoms with van der Waals surface area (Å²) in [5.74, 6) is 0.669. The molecule has 1 aliphatic rings. The molecular weight excluding hydrogens is 245 g/mol. The van der Waals surface area contributed by atoms with Crippen LogP contribution in [0.15, 0.2) is 0 Å². The molecule has 0 bridgehead atoms. The number of halogens is 2. The Bertz CT molecular complexity index is 350. The van der Waals surface area contributed by atoms with E-state index in [1.807, 2.05) is 6.92 Å². The minimum atomic E-state index is 0.458. The van der Waals surface area contributed by atoms with E-state index >= 15 is 0 Å². The van der Waals surface area contributed by atoms with Crippen LogP contribution in [0.25, 0.3) is 0 Å². The molecule has 1 aromatic rings. The predicted octanol–water partition coefficient (Wildman–Crippen LogP) is 3.47. The van der Waals surface area contributed by atoms with Gasteiger partial charge in [0, 0.05) is 18.7 Å². The third-order valence-corrected chi connectivity index (χ3v) is 3.64. The summed E-state index contributed by atoms with van der Waals surface area (Å²) in [4.78, 5) is 10.8. The third kappa shape index (κ3) is 2.58. The quantitative estimate of drug-likeness (QED) is 0.724. The summed E-state index contributed by atoms with van der Waals surface area (Å²) >= 11 is 12.0. The van der Waals surface area contributed by atoms with E-state index in [2.05, 4.69) is 14.9 Å². The minimum absolute atomic E-state index is 0.458. The van der Waals surface area contributed by atoms with E-state index in [4.69, 9.17) is 23.2 Å². The molecule has 1 aromatic heterocycles. The van der Waals surface area contributed by atoms with Gasteiger partial charge in [0.25, 0.3) is 0 Å². The van der Waals surface area contributed by atoms with Crippen molar-refractivity contribution in [2.45, 2.75) is 32.6 Å². The number of anilines is 1. The number of rotatable bonds is 1. The molecule has 3 nitrogen and oxygen atoms in total. The van der Waals surface area contributed by atoms with Crippen LogP contribution in [-0.2, 0) is 0 Å². The SMILES string of the molecule is Cc1c(Cl)nc(N2CCCCCC2)nc1Cl. The van der Waals surface area contributed by atoms with Gasteiger partial charge in [0.1, 0.15) is 10.3 Å². The predicted molar refractivity (Wildman–Crippen MR) is 67.5 cm³/mol. The fourth-order valence-corrected chi connectivity index (χ4v) is 2.24. The van der Waals surface area contributed by atoms with Crippen molar-refractivity contribution in [1.82, 2.24) is 9.97 Å². The van der Waals surface area contributed by atoms with Crippen LogP contribution in [0.5, 0.6) is 0 Å². The van der Waals surface area contributed by atoms with Crippen molar-refractivity contribution < 1.29 is 0 Å². The molecule has 0 atom stereocenters. The molecule has 2 rings (SSSR count). The van der Waals surface area contributed by atoms with E-state index in [0.29, 0.717) is 16.3 Å². The van der Waals surface area contributed by atoms with Crippen LogP contribution < -0.4 is 4.90 Å². The Balaban J connectivity index is 2.25. The van der Waals surface area contributed by atoms with Crippen LogP contribution in [0.4, 0.5) is 5.95 Å². The Kier molecular flexibility index (Phi) is 3.87. The van der Waals surface area contributed by atoms with Gasteiger partial charge in [-0.1, -0.05) is 36.0 Å². The van der Waals surface area contributed by atoms with Gasteiger partial charge >= 0.3 is 0 Å². The number of nitrogens with zero attached hydrogens (tertiary/aromatic N) is 3. The molecule has 0 amide bonds. The van der Waals surface area contributed by atoms with Gasteiger partial charge < -0.3 is 4.90 Å². The summed E-state index contributed by atoms with van der Waals surface area (Å²) < 4.78 is 0. The molecule has 1 fully saturated rings. The van der Waals surface area contributed by atoms with Gasteiger partial charge in [-0.3, -0.25) is 0 Å². The summed E-state index contributed by atoms with van der Waals surface area (Å²) in [5, 5.41) is 0.915. The van der Waals surface area contributed by atoms with E-state index in [1.54, 1.807) is 0 Å². The highest BCUT2D eigenvalue weighted by atomic mass is 35.5. The molecule has 2 heterocycles. The van der Waals surface area contributed by atoms with E-state index in [-0.39, 0.29) is 0 Å². The van der Waals surface area contributed by atoms with Crippen LogP contribution >= 0.6 is 23.2 Å². The molecular formula is C11H15Cl2N3. The van der Waals surface area contributed by atoms with Gasteiger partial charge in [0.2, 0.25) is 5.95 Å². The lowest BCUT2D eigenvalue weighted by Gasteiger charge is -2.20. The van der Waals surface area contributed by atoms with Crippen molar-refractivity contribution in [2.75, 3.05) is 18.0 Å². The van der Waals surface area contributed by atoms with E-state index in [1.165, 1.54) is 25.7 Å². The molecule has 0 aliphatic carbocycles. The summed E-state index contributed by atoms with van der Waals surface area (Å²) in [6.45, 7) is 3.82. The summed E-state index contributed by atoms with van der Waals surface area (Å²) in [6, 6.07) is 0. The van der Waals surface area contributed by atoms with Crippen molar-refractivity contribution in [1.29, 1.82) is 0 Å². The lowest BCUT2D eigenvalue weighted by Crippen LogP contribution is -2.26. The Labute approximate surface area is 106 Å². The topological polar surface area (TPSA) is 29.0 Å². The highest BCUT2D eigenvalue weighted by Gasteiger charge is 2.15. The zero-order valence-electron chi connectivity index (χ0n) is 9.34. The van der Waals surface area contributed by atoms with E-state index in [9.17, 15) is 0 Å². The molecule has 0 N–H and O–H groups in total. The number of aromatic nitrogens is 2. The van der Waals surface area contributed by atoms with Gasteiger partial charge in [-0.25, -0.2) is 9.97 Å². The second-order valence-electron chi connectivity index (χ2n) is 4.13. The summed E-state index contributed by atoms with van der Waals surface area (Å²) in [6.07, 6.45) is 4.94. The van der Waals surface area contributed by atoms with Crippen LogP contribution in [-0.4, -0.2) is 23.1 Å². The van der Waals surface area contributed by atoms with Gasteiger partial charge in [-0.05, 0) is 19.8 Å². The maximum Gasteiger partial charge on any atom is 0.228 e. The molecule has 1 aliphatic heterocycles. The average Bonchev–Trinajstić information content (AvgIpc) is 2.53. The molecule has 0 spiro atoms. The van der Waals surface area contributed by atoms with E-state index in [0.717, 1.165) is 18.7 Å². The van der Waals surface area contributed by atoms with Gasteiger partial charge in [-0.2, -0.15) is 0 Å². The monoisotopic (exact) mass is 259 g/mol. The maximum atomic E-state index is 6.02. The van der Waals surface area contributed by atoms with Gasteiger partial charge in [0.15, 0.2) is 0 Å². The summed E-state index contributed by atoms with van der Waals surface area (Å²) in [7, 11) is 0. The molecule has 88 valence electrons. The normalized spacial score (nSPS) is 17.3. The molecule has 0 radical (unpaired) electrons. The number of hydrogen-bond donors (Lipinski definition) is 0. The lowest BCUT2D eigenvalue weighted by atomic mass is 10.2. The number of hydrogen-bond acceptors (Lipinski definition) is 3. The average molecular weight is 260 g/mol. The first-order chi connectivity index (χ1) is 7.68. The Morgan fingerprint density at radius 2 is 1.44 bits per heavy atom. The highest BCUT2D eigenvalue weighted by Crippen LogP contribution is 2.24. The fourth-order valence-electron chi connectivity index (χ4n) is 1.87. The van der Waals surface area contributed by atoms with Crippen LogP contribution in [0.1, 0.15) is 31.2 Å². The lowest BCUT2D eigenvalue weighted by molar-refractivity contribution is 0.726. The standard InChI is InChI=1S/C11H15Cl2N3/c1-8-9(12)14-11(15-10(8)13)16-6-4-2-3-5-7-16/h2-7H2,1H3. The molecule has 5 heteroatoms. The second-order valence-corrected chi connectivity index (χ2v) is 4.85. The minimum Gasteiger partial charge on any atom is -0.341 e. The molecule has 0 aromatic carbocycles. The van der Waals surface area contributed by atoms with Crippen molar-refractivity contribution in [3.63, 3.8) is 0 Å². The van der Waals surface area contributed by atoms with E-state index < -0.39 is 0 Å². The molecule has 16 heavy (non-hydrogen) atoms. The van der Waals surface area contributed by atoms with Crippen molar-refractivity contribution in [2.24, 2.45) is 0 Å². The Hall–Kier alpha value is -0.540. The van der Waals surface area contributed by atoms with Crippen molar-refractivity contribution in [3.05, 3.63) is 15.9 Å².